The summed E-state index contributed by atoms with van der Waals surface area (Å²) in [6.45, 7) is 0.335. The van der Waals surface area contributed by atoms with E-state index in [0.29, 0.717) is 12.1 Å². The summed E-state index contributed by atoms with van der Waals surface area (Å²) < 4.78 is 0. The first-order valence-corrected chi connectivity index (χ1v) is 6.83. The Balaban J connectivity index is 1.80. The molecule has 110 valence electrons. The zero-order valence-electron chi connectivity index (χ0n) is 11.5. The van der Waals surface area contributed by atoms with Crippen LogP contribution >= 0.6 is 0 Å². The van der Waals surface area contributed by atoms with Crippen molar-refractivity contribution < 1.29 is 14.7 Å². The molecule has 21 heavy (non-hydrogen) atoms. The second-order valence-corrected chi connectivity index (χ2v) is 5.18. The molecule has 0 radical (unpaired) electrons. The third-order valence-corrected chi connectivity index (χ3v) is 3.44. The van der Waals surface area contributed by atoms with Gasteiger partial charge in [0.1, 0.15) is 0 Å². The number of carboxylic acids is 1. The Labute approximate surface area is 122 Å². The number of benzene rings is 1. The molecule has 6 nitrogen and oxygen atoms in total. The second kappa shape index (κ2) is 6.75. The van der Waals surface area contributed by atoms with E-state index in [4.69, 9.17) is 10.4 Å². The van der Waals surface area contributed by atoms with Gasteiger partial charge in [0.05, 0.1) is 18.1 Å². The molecule has 1 aromatic carbocycles. The van der Waals surface area contributed by atoms with E-state index in [9.17, 15) is 9.59 Å². The molecule has 1 atom stereocenters. The predicted octanol–water partition coefficient (Wildman–Crippen LogP) is 1.61. The number of hydrogen-bond donors (Lipinski definition) is 3. The van der Waals surface area contributed by atoms with E-state index in [-0.39, 0.29) is 24.4 Å². The van der Waals surface area contributed by atoms with Gasteiger partial charge < -0.3 is 15.7 Å². The smallest absolute Gasteiger partial charge is 0.315 e. The highest BCUT2D eigenvalue weighted by Crippen LogP contribution is 2.33. The molecule has 0 bridgehead atoms. The summed E-state index contributed by atoms with van der Waals surface area (Å²) in [4.78, 5) is 22.6. The monoisotopic (exact) mass is 287 g/mol. The van der Waals surface area contributed by atoms with Crippen LogP contribution < -0.4 is 10.6 Å². The zero-order chi connectivity index (χ0) is 15.2. The van der Waals surface area contributed by atoms with E-state index in [1.807, 2.05) is 6.07 Å². The molecule has 1 unspecified atom stereocenters. The van der Waals surface area contributed by atoms with E-state index in [2.05, 4.69) is 10.6 Å². The van der Waals surface area contributed by atoms with Crippen molar-refractivity contribution in [2.75, 3.05) is 0 Å². The van der Waals surface area contributed by atoms with E-state index in [1.165, 1.54) is 0 Å². The topological polar surface area (TPSA) is 102 Å². The van der Waals surface area contributed by atoms with Crippen LogP contribution in [0.1, 0.15) is 30.4 Å². The van der Waals surface area contributed by atoms with Crippen molar-refractivity contribution >= 4 is 12.0 Å². The first kappa shape index (κ1) is 14.9. The maximum atomic E-state index is 11.8. The van der Waals surface area contributed by atoms with Crippen molar-refractivity contribution in [2.24, 2.45) is 5.92 Å². The Hall–Kier alpha value is -2.55. The van der Waals surface area contributed by atoms with Crippen LogP contribution in [0.15, 0.2) is 24.3 Å². The Morgan fingerprint density at radius 3 is 2.52 bits per heavy atom. The van der Waals surface area contributed by atoms with Gasteiger partial charge in [0.25, 0.3) is 0 Å². The van der Waals surface area contributed by atoms with Crippen LogP contribution in [0.25, 0.3) is 0 Å². The fourth-order valence-corrected chi connectivity index (χ4v) is 2.12. The Morgan fingerprint density at radius 2 is 2.00 bits per heavy atom. The molecule has 0 aromatic heterocycles. The quantitative estimate of drug-likeness (QED) is 0.739. The summed E-state index contributed by atoms with van der Waals surface area (Å²) in [6.07, 6.45) is 1.89. The molecule has 1 aliphatic carbocycles. The fraction of sp³-hybridized carbons (Fsp3) is 0.400. The lowest BCUT2D eigenvalue weighted by molar-refractivity contribution is -0.137. The van der Waals surface area contributed by atoms with Crippen molar-refractivity contribution in [3.63, 3.8) is 0 Å². The average Bonchev–Trinajstić information content (AvgIpc) is 3.29. The van der Waals surface area contributed by atoms with Crippen molar-refractivity contribution in [3.05, 3.63) is 35.4 Å². The Morgan fingerprint density at radius 1 is 1.33 bits per heavy atom. The van der Waals surface area contributed by atoms with Gasteiger partial charge in [-0.25, -0.2) is 4.79 Å². The number of nitrogens with zero attached hydrogens (tertiary/aromatic N) is 1. The van der Waals surface area contributed by atoms with Crippen LogP contribution in [0.5, 0.6) is 0 Å². The molecule has 0 spiro atoms. The summed E-state index contributed by atoms with van der Waals surface area (Å²) in [5.74, 6) is -0.624. The van der Waals surface area contributed by atoms with E-state index < -0.39 is 5.97 Å². The van der Waals surface area contributed by atoms with Gasteiger partial charge in [-0.05, 0) is 36.5 Å². The van der Waals surface area contributed by atoms with Gasteiger partial charge >= 0.3 is 12.0 Å². The molecule has 2 rings (SSSR count). The molecule has 1 aromatic rings. The molecular formula is C15H17N3O3. The Bertz CT molecular complexity index is 559. The van der Waals surface area contributed by atoms with Crippen molar-refractivity contribution in [1.82, 2.24) is 10.6 Å². The molecule has 1 fully saturated rings. The number of rotatable bonds is 6. The first-order valence-electron chi connectivity index (χ1n) is 6.83. The predicted molar refractivity (Wildman–Crippen MR) is 75.3 cm³/mol. The molecule has 0 heterocycles. The molecule has 3 N–H and O–H groups in total. The number of carbonyl (C=O) groups is 2. The van der Waals surface area contributed by atoms with E-state index >= 15 is 0 Å². The minimum absolute atomic E-state index is 0.0467. The van der Waals surface area contributed by atoms with Crippen LogP contribution in [0.4, 0.5) is 4.79 Å². The van der Waals surface area contributed by atoms with Gasteiger partial charge in [-0.2, -0.15) is 5.26 Å². The summed E-state index contributed by atoms with van der Waals surface area (Å²) in [6, 6.07) is 8.28. The van der Waals surface area contributed by atoms with Crippen molar-refractivity contribution in [1.29, 1.82) is 5.26 Å². The molecule has 1 aliphatic rings. The number of carbonyl (C=O) groups excluding carboxylic acids is 1. The van der Waals surface area contributed by atoms with Crippen LogP contribution in [-0.4, -0.2) is 23.1 Å². The van der Waals surface area contributed by atoms with Gasteiger partial charge in [-0.1, -0.05) is 12.1 Å². The summed E-state index contributed by atoms with van der Waals surface area (Å²) in [5.41, 5.74) is 1.45. The maximum absolute atomic E-state index is 11.8. The Kier molecular flexibility index (Phi) is 4.77. The largest absolute Gasteiger partial charge is 0.481 e. The highest BCUT2D eigenvalue weighted by molar-refractivity contribution is 5.75. The van der Waals surface area contributed by atoms with Crippen LogP contribution in [0.2, 0.25) is 0 Å². The SMILES string of the molecule is N#Cc1ccc(CNC(=O)NC(CC(=O)O)C2CC2)cc1. The number of hydrogen-bond acceptors (Lipinski definition) is 3. The minimum Gasteiger partial charge on any atom is -0.481 e. The number of aliphatic carboxylic acids is 1. The number of urea groups is 1. The van der Waals surface area contributed by atoms with E-state index in [0.717, 1.165) is 18.4 Å². The highest BCUT2D eigenvalue weighted by Gasteiger charge is 2.33. The molecule has 6 heteroatoms. The zero-order valence-corrected chi connectivity index (χ0v) is 11.5. The molecular weight excluding hydrogens is 270 g/mol. The lowest BCUT2D eigenvalue weighted by Gasteiger charge is -2.16. The molecule has 2 amide bonds. The first-order chi connectivity index (χ1) is 10.1. The third-order valence-electron chi connectivity index (χ3n) is 3.44. The number of nitriles is 1. The van der Waals surface area contributed by atoms with Crippen LogP contribution in [0, 0.1) is 17.2 Å². The van der Waals surface area contributed by atoms with Gasteiger partial charge in [-0.3, -0.25) is 4.79 Å². The summed E-state index contributed by atoms with van der Waals surface area (Å²) in [5, 5.41) is 22.9. The fourth-order valence-electron chi connectivity index (χ4n) is 2.12. The second-order valence-electron chi connectivity index (χ2n) is 5.18. The van der Waals surface area contributed by atoms with Gasteiger partial charge in [-0.15, -0.1) is 0 Å². The van der Waals surface area contributed by atoms with Crippen molar-refractivity contribution in [3.8, 4) is 6.07 Å². The third kappa shape index (κ3) is 4.80. The highest BCUT2D eigenvalue weighted by atomic mass is 16.4. The number of nitrogens with one attached hydrogen (secondary N) is 2. The number of carboxylic acid groups (broad SMARTS) is 1. The molecule has 1 saturated carbocycles. The van der Waals surface area contributed by atoms with Crippen LogP contribution in [0.3, 0.4) is 0 Å². The van der Waals surface area contributed by atoms with Gasteiger partial charge in [0.2, 0.25) is 0 Å². The minimum atomic E-state index is -0.903. The molecule has 0 aliphatic heterocycles. The lowest BCUT2D eigenvalue weighted by Crippen LogP contribution is -2.43. The normalized spacial score (nSPS) is 14.8. The van der Waals surface area contributed by atoms with Crippen LogP contribution in [-0.2, 0) is 11.3 Å². The summed E-state index contributed by atoms with van der Waals surface area (Å²) >= 11 is 0. The van der Waals surface area contributed by atoms with Crippen molar-refractivity contribution in [2.45, 2.75) is 31.8 Å². The van der Waals surface area contributed by atoms with Gasteiger partial charge in [0, 0.05) is 12.6 Å². The molecule has 0 saturated heterocycles. The van der Waals surface area contributed by atoms with E-state index in [1.54, 1.807) is 24.3 Å². The lowest BCUT2D eigenvalue weighted by atomic mass is 10.1. The van der Waals surface area contributed by atoms with Gasteiger partial charge in [0.15, 0.2) is 0 Å². The maximum Gasteiger partial charge on any atom is 0.315 e. The standard InChI is InChI=1S/C15H17N3O3/c16-8-10-1-3-11(4-2-10)9-17-15(21)18-13(7-14(19)20)12-5-6-12/h1-4,12-13H,5-7,9H2,(H,19,20)(H2,17,18,21). The summed E-state index contributed by atoms with van der Waals surface area (Å²) in [7, 11) is 0. The number of amides is 2. The average molecular weight is 287 g/mol.